The lowest BCUT2D eigenvalue weighted by Crippen LogP contribution is -2.07. The topological polar surface area (TPSA) is 87.6 Å². The van der Waals surface area contributed by atoms with E-state index < -0.39 is 0 Å². The van der Waals surface area contributed by atoms with E-state index in [4.69, 9.17) is 19.7 Å². The molecule has 0 spiro atoms. The van der Waals surface area contributed by atoms with Gasteiger partial charge in [-0.3, -0.25) is 0 Å². The molecule has 2 aromatic rings. The monoisotopic (exact) mass is 318 g/mol. The lowest BCUT2D eigenvalue weighted by Gasteiger charge is -2.12. The lowest BCUT2D eigenvalue weighted by atomic mass is 10.0. The number of hydrogen-bond donors (Lipinski definition) is 1. The van der Waals surface area contributed by atoms with Gasteiger partial charge in [0, 0.05) is 0 Å². The fourth-order valence-electron chi connectivity index (χ4n) is 2.31. The molecule has 6 nitrogen and oxygen atoms in total. The zero-order valence-corrected chi connectivity index (χ0v) is 13.7. The minimum Gasteiger partial charge on any atom is -0.488 e. The summed E-state index contributed by atoms with van der Waals surface area (Å²) in [6.07, 6.45) is 1.55. The number of aromatic nitrogens is 1. The van der Waals surface area contributed by atoms with Gasteiger partial charge in [-0.1, -0.05) is 5.16 Å². The highest BCUT2D eigenvalue weighted by Gasteiger charge is 2.13. The Balaban J connectivity index is 2.20. The first-order valence-electron chi connectivity index (χ1n) is 7.52. The minimum atomic E-state index is -0.365. The summed E-state index contributed by atoms with van der Waals surface area (Å²) in [4.78, 5) is 11.7. The van der Waals surface area contributed by atoms with Crippen LogP contribution in [0.5, 0.6) is 5.75 Å². The summed E-state index contributed by atoms with van der Waals surface area (Å²) in [7, 11) is 1.36. The molecule has 0 aliphatic heterocycles. The van der Waals surface area contributed by atoms with Crippen molar-refractivity contribution >= 4 is 5.97 Å². The van der Waals surface area contributed by atoms with E-state index in [2.05, 4.69) is 5.16 Å². The summed E-state index contributed by atoms with van der Waals surface area (Å²) in [6, 6.07) is 5.28. The highest BCUT2D eigenvalue weighted by Crippen LogP contribution is 2.24. The first-order chi connectivity index (χ1) is 11.1. The molecule has 2 rings (SSSR count). The fourth-order valence-corrected chi connectivity index (χ4v) is 2.31. The molecule has 0 aliphatic carbocycles. The molecule has 124 valence electrons. The van der Waals surface area contributed by atoms with Crippen molar-refractivity contribution in [3.8, 4) is 5.75 Å². The van der Waals surface area contributed by atoms with Crippen molar-refractivity contribution in [2.75, 3.05) is 13.7 Å². The van der Waals surface area contributed by atoms with Crippen molar-refractivity contribution < 1.29 is 18.8 Å². The van der Waals surface area contributed by atoms with Crippen molar-refractivity contribution in [1.82, 2.24) is 5.16 Å². The van der Waals surface area contributed by atoms with Gasteiger partial charge in [0.05, 0.1) is 23.9 Å². The van der Waals surface area contributed by atoms with Crippen molar-refractivity contribution in [2.45, 2.75) is 33.3 Å². The Labute approximate surface area is 135 Å². The number of aryl methyl sites for hydroxylation is 3. The molecule has 0 amide bonds. The van der Waals surface area contributed by atoms with Gasteiger partial charge in [0.25, 0.3) is 0 Å². The third-order valence-electron chi connectivity index (χ3n) is 3.69. The number of ether oxygens (including phenoxy) is 2. The summed E-state index contributed by atoms with van der Waals surface area (Å²) in [5, 5.41) is 3.92. The molecule has 2 N–H and O–H groups in total. The van der Waals surface area contributed by atoms with Crippen molar-refractivity contribution in [2.24, 2.45) is 5.73 Å². The number of nitrogens with two attached hydrogens (primary N) is 1. The van der Waals surface area contributed by atoms with E-state index in [0.717, 1.165) is 41.2 Å². The van der Waals surface area contributed by atoms with E-state index in [9.17, 15) is 4.79 Å². The van der Waals surface area contributed by atoms with E-state index in [-0.39, 0.29) is 5.97 Å². The Bertz CT molecular complexity index is 660. The number of esters is 1. The van der Waals surface area contributed by atoms with Gasteiger partial charge in [0.1, 0.15) is 18.1 Å². The minimum absolute atomic E-state index is 0.365. The number of carbonyl (C=O) groups is 1. The molecule has 1 aromatic heterocycles. The summed E-state index contributed by atoms with van der Waals surface area (Å²) in [6.45, 7) is 4.68. The first kappa shape index (κ1) is 17.0. The average Bonchev–Trinajstić information content (AvgIpc) is 2.89. The van der Waals surface area contributed by atoms with Gasteiger partial charge in [-0.25, -0.2) is 4.79 Å². The van der Waals surface area contributed by atoms with E-state index in [0.29, 0.717) is 18.7 Å². The van der Waals surface area contributed by atoms with Crippen LogP contribution in [0.4, 0.5) is 0 Å². The van der Waals surface area contributed by atoms with Crippen LogP contribution in [0.3, 0.4) is 0 Å². The maximum absolute atomic E-state index is 11.7. The fraction of sp³-hybridized carbons (Fsp3) is 0.412. The summed E-state index contributed by atoms with van der Waals surface area (Å²) in [5.41, 5.74) is 8.78. The Hall–Kier alpha value is -2.34. The second-order valence-electron chi connectivity index (χ2n) is 5.30. The molecule has 0 saturated heterocycles. The summed E-state index contributed by atoms with van der Waals surface area (Å²) < 4.78 is 15.8. The molecule has 23 heavy (non-hydrogen) atoms. The normalized spacial score (nSPS) is 10.6. The Kier molecular flexibility index (Phi) is 5.76. The second kappa shape index (κ2) is 7.78. The predicted molar refractivity (Wildman–Crippen MR) is 85.5 cm³/mol. The Morgan fingerprint density at radius 2 is 2.13 bits per heavy atom. The maximum atomic E-state index is 11.7. The third-order valence-corrected chi connectivity index (χ3v) is 3.69. The Morgan fingerprint density at radius 1 is 1.35 bits per heavy atom. The van der Waals surface area contributed by atoms with Gasteiger partial charge in [-0.15, -0.1) is 0 Å². The molecule has 0 atom stereocenters. The molecule has 1 aromatic carbocycles. The van der Waals surface area contributed by atoms with E-state index in [1.165, 1.54) is 7.11 Å². The van der Waals surface area contributed by atoms with Gasteiger partial charge in [0.2, 0.25) is 0 Å². The number of carbonyl (C=O) groups excluding carboxylic acids is 1. The van der Waals surface area contributed by atoms with Gasteiger partial charge in [-0.05, 0) is 57.0 Å². The van der Waals surface area contributed by atoms with Crippen LogP contribution in [-0.4, -0.2) is 24.8 Å². The molecule has 0 radical (unpaired) electrons. The van der Waals surface area contributed by atoms with Gasteiger partial charge in [-0.2, -0.15) is 0 Å². The van der Waals surface area contributed by atoms with Crippen LogP contribution in [0, 0.1) is 13.8 Å². The number of nitrogens with zero attached hydrogens (tertiary/aromatic N) is 1. The number of benzene rings is 1. The molecule has 0 fully saturated rings. The quantitative estimate of drug-likeness (QED) is 0.789. The average molecular weight is 318 g/mol. The maximum Gasteiger partial charge on any atom is 0.337 e. The first-order valence-corrected chi connectivity index (χ1v) is 7.52. The molecule has 0 aliphatic rings. The second-order valence-corrected chi connectivity index (χ2v) is 5.30. The van der Waals surface area contributed by atoms with Crippen molar-refractivity contribution in [3.63, 3.8) is 0 Å². The van der Waals surface area contributed by atoms with Crippen LogP contribution < -0.4 is 10.5 Å². The number of methoxy groups -OCH3 is 1. The van der Waals surface area contributed by atoms with Crippen LogP contribution in [0.15, 0.2) is 22.7 Å². The van der Waals surface area contributed by atoms with Crippen molar-refractivity contribution in [3.05, 3.63) is 46.3 Å². The highest BCUT2D eigenvalue weighted by molar-refractivity contribution is 5.89. The lowest BCUT2D eigenvalue weighted by molar-refractivity contribution is 0.0600. The van der Waals surface area contributed by atoms with Gasteiger partial charge >= 0.3 is 5.97 Å². The molecule has 0 bridgehead atoms. The summed E-state index contributed by atoms with van der Waals surface area (Å²) in [5.74, 6) is 1.11. The number of hydrogen-bond acceptors (Lipinski definition) is 6. The van der Waals surface area contributed by atoms with Crippen LogP contribution in [0.2, 0.25) is 0 Å². The van der Waals surface area contributed by atoms with E-state index in [1.807, 2.05) is 13.8 Å². The molecule has 6 heteroatoms. The van der Waals surface area contributed by atoms with E-state index in [1.54, 1.807) is 18.2 Å². The SMILES string of the molecule is COC(=O)c1ccc(OCc2c(C)noc2C)c(CCCN)c1. The predicted octanol–water partition coefficient (Wildman–Crippen LogP) is 2.55. The zero-order valence-electron chi connectivity index (χ0n) is 13.7. The zero-order chi connectivity index (χ0) is 16.8. The van der Waals surface area contributed by atoms with Crippen LogP contribution in [0.25, 0.3) is 0 Å². The molecular weight excluding hydrogens is 296 g/mol. The molecule has 0 unspecified atom stereocenters. The highest BCUT2D eigenvalue weighted by atomic mass is 16.5. The largest absolute Gasteiger partial charge is 0.488 e. The third kappa shape index (κ3) is 4.10. The van der Waals surface area contributed by atoms with Crippen LogP contribution in [-0.2, 0) is 17.8 Å². The van der Waals surface area contributed by atoms with Gasteiger partial charge < -0.3 is 19.7 Å². The van der Waals surface area contributed by atoms with Crippen LogP contribution >= 0.6 is 0 Å². The molecule has 1 heterocycles. The molecular formula is C17H22N2O4. The number of rotatable bonds is 7. The molecule has 0 saturated carbocycles. The van der Waals surface area contributed by atoms with Crippen LogP contribution in [0.1, 0.15) is 39.4 Å². The van der Waals surface area contributed by atoms with Crippen molar-refractivity contribution in [1.29, 1.82) is 0 Å². The smallest absolute Gasteiger partial charge is 0.337 e. The Morgan fingerprint density at radius 3 is 2.74 bits per heavy atom. The van der Waals surface area contributed by atoms with Gasteiger partial charge in [0.15, 0.2) is 0 Å². The standard InChI is InChI=1S/C17H22N2O4/c1-11-15(12(2)23-19-11)10-22-16-7-6-14(17(20)21-3)9-13(16)5-4-8-18/h6-7,9H,4-5,8,10,18H2,1-3H3. The van der Waals surface area contributed by atoms with E-state index >= 15 is 0 Å². The summed E-state index contributed by atoms with van der Waals surface area (Å²) >= 11 is 0.